The Morgan fingerprint density at radius 2 is 1.63 bits per heavy atom. The van der Waals surface area contributed by atoms with Crippen molar-refractivity contribution in [3.8, 4) is 0 Å². The van der Waals surface area contributed by atoms with Gasteiger partial charge in [-0.15, -0.1) is 0 Å². The average molecular weight is 335 g/mol. The van der Waals surface area contributed by atoms with Gasteiger partial charge in [0.1, 0.15) is 0 Å². The number of rotatable bonds is 3. The lowest BCUT2D eigenvalue weighted by Gasteiger charge is -2.07. The van der Waals surface area contributed by atoms with Crippen LogP contribution in [0.1, 0.15) is 5.56 Å². The zero-order valence-electron chi connectivity index (χ0n) is 9.70. The third kappa shape index (κ3) is 3.63. The van der Waals surface area contributed by atoms with Gasteiger partial charge in [-0.1, -0.05) is 40.9 Å². The molecule has 2 aromatic rings. The van der Waals surface area contributed by atoms with Crippen LogP contribution in [0, 0.1) is 0 Å². The Morgan fingerprint density at radius 3 is 2.32 bits per heavy atom. The molecule has 1 atom stereocenters. The van der Waals surface area contributed by atoms with Crippen molar-refractivity contribution < 1.29 is 4.21 Å². The molecule has 6 heteroatoms. The van der Waals surface area contributed by atoms with E-state index in [4.69, 9.17) is 40.5 Å². The molecule has 2 N–H and O–H groups in total. The van der Waals surface area contributed by atoms with Crippen LogP contribution < -0.4 is 5.73 Å². The average Bonchev–Trinajstić information content (AvgIpc) is 2.36. The fourth-order valence-corrected chi connectivity index (χ4v) is 3.44. The highest BCUT2D eigenvalue weighted by atomic mass is 35.5. The van der Waals surface area contributed by atoms with Crippen LogP contribution in [-0.2, 0) is 16.6 Å². The van der Waals surface area contributed by atoms with Gasteiger partial charge in [0.25, 0.3) is 0 Å². The highest BCUT2D eigenvalue weighted by molar-refractivity contribution is 7.84. The quantitative estimate of drug-likeness (QED) is 0.838. The molecule has 0 radical (unpaired) electrons. The number of hydrogen-bond acceptors (Lipinski definition) is 2. The van der Waals surface area contributed by atoms with Gasteiger partial charge in [0.15, 0.2) is 0 Å². The summed E-state index contributed by atoms with van der Waals surface area (Å²) in [6.07, 6.45) is 0. The first-order chi connectivity index (χ1) is 8.97. The molecule has 0 heterocycles. The summed E-state index contributed by atoms with van der Waals surface area (Å²) >= 11 is 17.8. The molecule has 1 unspecified atom stereocenters. The molecule has 2 rings (SSSR count). The van der Waals surface area contributed by atoms with E-state index in [0.29, 0.717) is 31.4 Å². The molecule has 0 fully saturated rings. The van der Waals surface area contributed by atoms with E-state index in [2.05, 4.69) is 0 Å². The van der Waals surface area contributed by atoms with Crippen molar-refractivity contribution in [1.29, 1.82) is 0 Å². The van der Waals surface area contributed by atoms with Gasteiger partial charge in [0.05, 0.1) is 36.5 Å². The molecule has 0 aliphatic carbocycles. The summed E-state index contributed by atoms with van der Waals surface area (Å²) in [7, 11) is -1.28. The molecule has 0 bridgehead atoms. The molecule has 0 aliphatic heterocycles. The van der Waals surface area contributed by atoms with Crippen molar-refractivity contribution in [2.24, 2.45) is 0 Å². The van der Waals surface area contributed by atoms with E-state index in [0.717, 1.165) is 5.56 Å². The van der Waals surface area contributed by atoms with Gasteiger partial charge in [-0.2, -0.15) is 0 Å². The van der Waals surface area contributed by atoms with Crippen molar-refractivity contribution in [3.05, 3.63) is 57.0 Å². The predicted molar refractivity (Wildman–Crippen MR) is 82.4 cm³/mol. The lowest BCUT2D eigenvalue weighted by Crippen LogP contribution is -1.99. The van der Waals surface area contributed by atoms with Gasteiger partial charge in [-0.05, 0) is 35.9 Å². The second kappa shape index (κ2) is 6.14. The predicted octanol–water partition coefficient (Wildman–Crippen LogP) is 4.54. The fraction of sp³-hybridized carbons (Fsp3) is 0.0769. The summed E-state index contributed by atoms with van der Waals surface area (Å²) in [6, 6.07) is 10.1. The maximum atomic E-state index is 12.3. The number of anilines is 1. The maximum Gasteiger partial charge on any atom is 0.0598 e. The first-order valence-corrected chi connectivity index (χ1v) is 7.80. The summed E-state index contributed by atoms with van der Waals surface area (Å²) in [5.74, 6) is 0.306. The van der Waals surface area contributed by atoms with Gasteiger partial charge in [-0.25, -0.2) is 0 Å². The summed E-state index contributed by atoms with van der Waals surface area (Å²) in [6.45, 7) is 0. The number of nitrogen functional groups attached to an aromatic ring is 1. The Morgan fingerprint density at radius 1 is 0.947 bits per heavy atom. The van der Waals surface area contributed by atoms with Gasteiger partial charge < -0.3 is 5.73 Å². The molecule has 100 valence electrons. The monoisotopic (exact) mass is 333 g/mol. The molecule has 19 heavy (non-hydrogen) atoms. The highest BCUT2D eigenvalue weighted by Crippen LogP contribution is 2.27. The standard InChI is InChI=1S/C13H10Cl3NOS/c14-10-3-1-8(5-12(10)16)7-19(18)13-6-9(17)2-4-11(13)15/h1-6H,7,17H2. The Hall–Kier alpha value is -0.740. The van der Waals surface area contributed by atoms with E-state index < -0.39 is 10.8 Å². The lowest BCUT2D eigenvalue weighted by molar-refractivity contribution is 0.682. The van der Waals surface area contributed by atoms with Crippen molar-refractivity contribution in [3.63, 3.8) is 0 Å². The summed E-state index contributed by atoms with van der Waals surface area (Å²) in [5.41, 5.74) is 7.03. The number of nitrogens with two attached hydrogens (primary N) is 1. The van der Waals surface area contributed by atoms with Crippen LogP contribution in [0.25, 0.3) is 0 Å². The molecule has 2 nitrogen and oxygen atoms in total. The molecule has 0 aliphatic rings. The molecule has 0 aromatic heterocycles. The zero-order valence-corrected chi connectivity index (χ0v) is 12.8. The van der Waals surface area contributed by atoms with Crippen LogP contribution >= 0.6 is 34.8 Å². The van der Waals surface area contributed by atoms with Crippen molar-refractivity contribution in [1.82, 2.24) is 0 Å². The van der Waals surface area contributed by atoms with Crippen LogP contribution in [-0.4, -0.2) is 4.21 Å². The smallest absolute Gasteiger partial charge is 0.0598 e. The van der Waals surface area contributed by atoms with E-state index >= 15 is 0 Å². The van der Waals surface area contributed by atoms with Crippen LogP contribution in [0.5, 0.6) is 0 Å². The van der Waals surface area contributed by atoms with E-state index in [9.17, 15) is 4.21 Å². The Bertz CT molecular complexity index is 646. The Labute approximate surface area is 128 Å². The normalized spacial score (nSPS) is 12.4. The van der Waals surface area contributed by atoms with Crippen LogP contribution in [0.3, 0.4) is 0 Å². The Kier molecular flexibility index (Phi) is 4.74. The van der Waals surface area contributed by atoms with Crippen LogP contribution in [0.4, 0.5) is 5.69 Å². The van der Waals surface area contributed by atoms with Crippen molar-refractivity contribution in [2.45, 2.75) is 10.6 Å². The first-order valence-electron chi connectivity index (χ1n) is 5.34. The number of hydrogen-bond donors (Lipinski definition) is 1. The fourth-order valence-electron chi connectivity index (χ4n) is 1.55. The Balaban J connectivity index is 2.25. The minimum atomic E-state index is -1.28. The third-order valence-electron chi connectivity index (χ3n) is 2.48. The van der Waals surface area contributed by atoms with Gasteiger partial charge in [0, 0.05) is 5.69 Å². The summed E-state index contributed by atoms with van der Waals surface area (Å²) in [5, 5.41) is 1.35. The minimum absolute atomic E-state index is 0.306. The van der Waals surface area contributed by atoms with E-state index in [1.54, 1.807) is 36.4 Å². The molecule has 2 aromatic carbocycles. The summed E-state index contributed by atoms with van der Waals surface area (Å²) in [4.78, 5) is 0.521. The molecule has 0 saturated heterocycles. The summed E-state index contributed by atoms with van der Waals surface area (Å²) < 4.78 is 12.3. The highest BCUT2D eigenvalue weighted by Gasteiger charge is 2.11. The van der Waals surface area contributed by atoms with E-state index in [-0.39, 0.29) is 0 Å². The van der Waals surface area contributed by atoms with Gasteiger partial charge in [-0.3, -0.25) is 4.21 Å². The SMILES string of the molecule is Nc1ccc(Cl)c(S(=O)Cc2ccc(Cl)c(Cl)c2)c1. The minimum Gasteiger partial charge on any atom is -0.399 e. The van der Waals surface area contributed by atoms with E-state index in [1.807, 2.05) is 0 Å². The van der Waals surface area contributed by atoms with Crippen LogP contribution in [0.2, 0.25) is 15.1 Å². The number of halogens is 3. The number of benzene rings is 2. The van der Waals surface area contributed by atoms with Gasteiger partial charge >= 0.3 is 0 Å². The topological polar surface area (TPSA) is 43.1 Å². The maximum absolute atomic E-state index is 12.3. The molecule has 0 saturated carbocycles. The molecular weight excluding hydrogens is 325 g/mol. The second-order valence-electron chi connectivity index (χ2n) is 3.93. The first kappa shape index (κ1) is 14.7. The molecule has 0 spiro atoms. The molecular formula is C13H10Cl3NOS. The largest absolute Gasteiger partial charge is 0.399 e. The van der Waals surface area contributed by atoms with Gasteiger partial charge in [0.2, 0.25) is 0 Å². The van der Waals surface area contributed by atoms with Crippen molar-refractivity contribution >= 4 is 51.3 Å². The van der Waals surface area contributed by atoms with Crippen molar-refractivity contribution in [2.75, 3.05) is 5.73 Å². The lowest BCUT2D eigenvalue weighted by atomic mass is 10.2. The zero-order chi connectivity index (χ0) is 14.0. The van der Waals surface area contributed by atoms with E-state index in [1.165, 1.54) is 0 Å². The second-order valence-corrected chi connectivity index (χ2v) is 6.57. The third-order valence-corrected chi connectivity index (χ3v) is 5.09. The molecule has 0 amide bonds. The van der Waals surface area contributed by atoms with Crippen LogP contribution in [0.15, 0.2) is 41.3 Å².